The average molecular weight is 450 g/mol. The topological polar surface area (TPSA) is 77.1 Å². The standard InChI is InChI=1S/C27H35N3O3/c1-18-16-24(30(6)29-18)25(32-19(2)33-26(31)21-10-8-7-9-11-21)23(17-28)20-12-14-22(15-13-20)27(3,4)5/h12-16,19,21H,7-11H2,1-6H3/b25-23-. The highest BCUT2D eigenvalue weighted by molar-refractivity contribution is 5.94. The molecular formula is C27H35N3O3. The van der Waals surface area contributed by atoms with Gasteiger partial charge in [0, 0.05) is 14.0 Å². The van der Waals surface area contributed by atoms with Crippen LogP contribution in [0.3, 0.4) is 0 Å². The van der Waals surface area contributed by atoms with Crippen molar-refractivity contribution in [1.29, 1.82) is 5.26 Å². The van der Waals surface area contributed by atoms with Crippen LogP contribution in [0.5, 0.6) is 0 Å². The van der Waals surface area contributed by atoms with E-state index in [1.165, 1.54) is 12.0 Å². The Balaban J connectivity index is 1.94. The zero-order valence-electron chi connectivity index (χ0n) is 20.6. The van der Waals surface area contributed by atoms with Gasteiger partial charge in [0.2, 0.25) is 6.29 Å². The lowest BCUT2D eigenvalue weighted by Crippen LogP contribution is -2.26. The number of benzene rings is 1. The highest BCUT2D eigenvalue weighted by Crippen LogP contribution is 2.31. The van der Waals surface area contributed by atoms with Crippen molar-refractivity contribution in [3.63, 3.8) is 0 Å². The molecule has 1 fully saturated rings. The Kier molecular flexibility index (Phi) is 7.63. The van der Waals surface area contributed by atoms with Crippen LogP contribution in [0.25, 0.3) is 11.3 Å². The van der Waals surface area contributed by atoms with E-state index in [0.29, 0.717) is 17.0 Å². The number of carbonyl (C=O) groups is 1. The third kappa shape index (κ3) is 6.04. The first kappa shape index (κ1) is 24.6. The normalized spacial score (nSPS) is 16.5. The number of aromatic nitrogens is 2. The molecule has 0 bridgehead atoms. The van der Waals surface area contributed by atoms with Crippen molar-refractivity contribution in [2.45, 2.75) is 78.4 Å². The van der Waals surface area contributed by atoms with E-state index >= 15 is 0 Å². The summed E-state index contributed by atoms with van der Waals surface area (Å²) in [6.45, 7) is 10.0. The number of nitriles is 1. The van der Waals surface area contributed by atoms with E-state index in [2.05, 4.69) is 31.9 Å². The molecule has 1 heterocycles. The van der Waals surface area contributed by atoms with Gasteiger partial charge in [-0.2, -0.15) is 10.4 Å². The number of rotatable bonds is 6. The Bertz CT molecular complexity index is 1050. The molecular weight excluding hydrogens is 414 g/mol. The van der Waals surface area contributed by atoms with Gasteiger partial charge in [-0.3, -0.25) is 9.48 Å². The first-order valence-corrected chi connectivity index (χ1v) is 11.7. The molecule has 1 aromatic heterocycles. The monoisotopic (exact) mass is 449 g/mol. The van der Waals surface area contributed by atoms with Gasteiger partial charge in [0.1, 0.15) is 17.3 Å². The quantitative estimate of drug-likeness (QED) is 0.237. The van der Waals surface area contributed by atoms with Gasteiger partial charge in [0.25, 0.3) is 0 Å². The van der Waals surface area contributed by atoms with Gasteiger partial charge >= 0.3 is 5.97 Å². The van der Waals surface area contributed by atoms with E-state index in [0.717, 1.165) is 36.9 Å². The predicted molar refractivity (Wildman–Crippen MR) is 129 cm³/mol. The summed E-state index contributed by atoms with van der Waals surface area (Å²) in [6, 6.07) is 12.1. The maximum atomic E-state index is 12.6. The summed E-state index contributed by atoms with van der Waals surface area (Å²) in [5, 5.41) is 14.5. The molecule has 0 amide bonds. The molecule has 1 unspecified atom stereocenters. The lowest BCUT2D eigenvalue weighted by Gasteiger charge is -2.24. The third-order valence-electron chi connectivity index (χ3n) is 6.12. The van der Waals surface area contributed by atoms with Gasteiger partial charge in [-0.25, -0.2) is 0 Å². The second kappa shape index (κ2) is 10.2. The van der Waals surface area contributed by atoms with Crippen LogP contribution in [0, 0.1) is 24.2 Å². The van der Waals surface area contributed by atoms with Crippen LogP contribution in [0.2, 0.25) is 0 Å². The number of hydrogen-bond acceptors (Lipinski definition) is 5. The van der Waals surface area contributed by atoms with E-state index in [9.17, 15) is 10.1 Å². The molecule has 33 heavy (non-hydrogen) atoms. The van der Waals surface area contributed by atoms with Crippen molar-refractivity contribution in [3.05, 3.63) is 52.8 Å². The SMILES string of the molecule is Cc1cc(/C(OC(C)OC(=O)C2CCCCC2)=C(\C#N)c2ccc(C(C)(C)C)cc2)n(C)n1. The number of nitrogens with zero attached hydrogens (tertiary/aromatic N) is 3. The molecule has 0 N–H and O–H groups in total. The highest BCUT2D eigenvalue weighted by Gasteiger charge is 2.26. The second-order valence-electron chi connectivity index (χ2n) is 9.90. The number of carbonyl (C=O) groups excluding carboxylic acids is 1. The number of aryl methyl sites for hydroxylation is 2. The van der Waals surface area contributed by atoms with E-state index in [1.807, 2.05) is 44.3 Å². The van der Waals surface area contributed by atoms with E-state index in [-0.39, 0.29) is 17.3 Å². The fourth-order valence-corrected chi connectivity index (χ4v) is 4.24. The molecule has 1 aliphatic rings. The van der Waals surface area contributed by atoms with Crippen LogP contribution in [0.1, 0.15) is 82.3 Å². The van der Waals surface area contributed by atoms with Crippen molar-refractivity contribution in [3.8, 4) is 6.07 Å². The van der Waals surface area contributed by atoms with Crippen LogP contribution in [0.4, 0.5) is 0 Å². The van der Waals surface area contributed by atoms with Gasteiger partial charge in [-0.1, -0.05) is 64.3 Å². The van der Waals surface area contributed by atoms with Crippen molar-refractivity contribution < 1.29 is 14.3 Å². The minimum absolute atomic E-state index is 0.00929. The summed E-state index contributed by atoms with van der Waals surface area (Å²) in [4.78, 5) is 12.6. The van der Waals surface area contributed by atoms with E-state index in [1.54, 1.807) is 11.6 Å². The Labute approximate surface area is 197 Å². The first-order chi connectivity index (χ1) is 15.6. The second-order valence-corrected chi connectivity index (χ2v) is 9.90. The van der Waals surface area contributed by atoms with Crippen LogP contribution >= 0.6 is 0 Å². The minimum atomic E-state index is -0.832. The molecule has 0 radical (unpaired) electrons. The summed E-state index contributed by atoms with van der Waals surface area (Å²) in [5.41, 5.74) is 3.77. The lowest BCUT2D eigenvalue weighted by atomic mass is 9.86. The maximum absolute atomic E-state index is 12.6. The van der Waals surface area contributed by atoms with E-state index < -0.39 is 6.29 Å². The van der Waals surface area contributed by atoms with Crippen LogP contribution in [-0.2, 0) is 26.7 Å². The number of esters is 1. The zero-order valence-corrected chi connectivity index (χ0v) is 20.6. The number of hydrogen-bond donors (Lipinski definition) is 0. The molecule has 1 aliphatic carbocycles. The molecule has 6 nitrogen and oxygen atoms in total. The van der Waals surface area contributed by atoms with Crippen molar-refractivity contribution >= 4 is 17.3 Å². The smallest absolute Gasteiger partial charge is 0.311 e. The lowest BCUT2D eigenvalue weighted by molar-refractivity contribution is -0.170. The Morgan fingerprint density at radius 1 is 1.15 bits per heavy atom. The summed E-state index contributed by atoms with van der Waals surface area (Å²) < 4.78 is 13.5. The maximum Gasteiger partial charge on any atom is 0.311 e. The van der Waals surface area contributed by atoms with Gasteiger partial charge in [0.05, 0.1) is 11.6 Å². The van der Waals surface area contributed by atoms with E-state index in [4.69, 9.17) is 9.47 Å². The molecule has 6 heteroatoms. The van der Waals surface area contributed by atoms with Crippen molar-refractivity contribution in [2.24, 2.45) is 13.0 Å². The van der Waals surface area contributed by atoms with Crippen LogP contribution < -0.4 is 0 Å². The summed E-state index contributed by atoms with van der Waals surface area (Å²) in [5.74, 6) is 0.0559. The number of ether oxygens (including phenoxy) is 2. The van der Waals surface area contributed by atoms with Crippen molar-refractivity contribution in [1.82, 2.24) is 9.78 Å². The average Bonchev–Trinajstić information content (AvgIpc) is 3.11. The van der Waals surface area contributed by atoms with Crippen LogP contribution in [0.15, 0.2) is 30.3 Å². The van der Waals surface area contributed by atoms with Gasteiger partial charge in [-0.05, 0) is 42.4 Å². The predicted octanol–water partition coefficient (Wildman–Crippen LogP) is 5.90. The van der Waals surface area contributed by atoms with Crippen LogP contribution in [-0.4, -0.2) is 22.0 Å². The molecule has 2 aromatic rings. The largest absolute Gasteiger partial charge is 0.451 e. The fourth-order valence-electron chi connectivity index (χ4n) is 4.24. The van der Waals surface area contributed by atoms with Gasteiger partial charge < -0.3 is 9.47 Å². The molecule has 1 aromatic carbocycles. The summed E-state index contributed by atoms with van der Waals surface area (Å²) in [7, 11) is 1.81. The fraction of sp³-hybridized carbons (Fsp3) is 0.519. The molecule has 176 valence electrons. The molecule has 0 aliphatic heterocycles. The first-order valence-electron chi connectivity index (χ1n) is 11.7. The molecule has 1 atom stereocenters. The number of allylic oxidation sites excluding steroid dienone is 1. The summed E-state index contributed by atoms with van der Waals surface area (Å²) >= 11 is 0. The zero-order chi connectivity index (χ0) is 24.2. The molecule has 0 spiro atoms. The van der Waals surface area contributed by atoms with Gasteiger partial charge in [-0.15, -0.1) is 0 Å². The van der Waals surface area contributed by atoms with Crippen molar-refractivity contribution in [2.75, 3.05) is 0 Å². The molecule has 0 saturated heterocycles. The Hall–Kier alpha value is -3.07. The van der Waals surface area contributed by atoms with Gasteiger partial charge in [0.15, 0.2) is 5.76 Å². The Morgan fingerprint density at radius 2 is 1.79 bits per heavy atom. The Morgan fingerprint density at radius 3 is 2.30 bits per heavy atom. The molecule has 1 saturated carbocycles. The third-order valence-corrected chi connectivity index (χ3v) is 6.12. The molecule has 3 rings (SSSR count). The summed E-state index contributed by atoms with van der Waals surface area (Å²) in [6.07, 6.45) is 4.16. The minimum Gasteiger partial charge on any atom is -0.451 e. The highest BCUT2D eigenvalue weighted by atomic mass is 16.7.